The molecule has 0 radical (unpaired) electrons. The Balaban J connectivity index is 2.11. The maximum atomic E-state index is 11.8. The standard InChI is InChI=1S/C17H23BrN2O2/c1-11-9-12-7-8-20(16(12)13(18)10-11)14(19)5-6-15(21)22-17(2,3)4/h7-10,14H,5-6,19H2,1-4H3. The first-order valence-electron chi connectivity index (χ1n) is 7.41. The monoisotopic (exact) mass is 366 g/mol. The summed E-state index contributed by atoms with van der Waals surface area (Å²) in [7, 11) is 0. The third-order valence-corrected chi connectivity index (χ3v) is 3.94. The first kappa shape index (κ1) is 17.0. The first-order chi connectivity index (χ1) is 10.2. The second-order valence-corrected chi connectivity index (χ2v) is 7.45. The number of benzene rings is 1. The molecule has 1 aromatic carbocycles. The summed E-state index contributed by atoms with van der Waals surface area (Å²) in [4.78, 5) is 11.8. The van der Waals surface area contributed by atoms with E-state index in [-0.39, 0.29) is 12.1 Å². The third kappa shape index (κ3) is 4.11. The van der Waals surface area contributed by atoms with Crippen molar-refractivity contribution < 1.29 is 9.53 Å². The molecule has 0 amide bonds. The Morgan fingerprint density at radius 3 is 2.73 bits per heavy atom. The zero-order valence-corrected chi connectivity index (χ0v) is 15.1. The van der Waals surface area contributed by atoms with Crippen LogP contribution in [0.2, 0.25) is 0 Å². The Bertz CT molecular complexity index is 686. The molecule has 22 heavy (non-hydrogen) atoms. The maximum Gasteiger partial charge on any atom is 0.306 e. The van der Waals surface area contributed by atoms with Crippen molar-refractivity contribution in [3.8, 4) is 0 Å². The number of aryl methyl sites for hydroxylation is 1. The molecule has 0 bridgehead atoms. The third-order valence-electron chi connectivity index (χ3n) is 3.33. The van der Waals surface area contributed by atoms with Gasteiger partial charge in [-0.25, -0.2) is 0 Å². The summed E-state index contributed by atoms with van der Waals surface area (Å²) >= 11 is 3.60. The highest BCUT2D eigenvalue weighted by Gasteiger charge is 2.18. The average Bonchev–Trinajstić information content (AvgIpc) is 2.77. The molecule has 0 aliphatic carbocycles. The number of carbonyl (C=O) groups excluding carboxylic acids is 1. The molecular formula is C17H23BrN2O2. The topological polar surface area (TPSA) is 57.2 Å². The van der Waals surface area contributed by atoms with Crippen LogP contribution in [0, 0.1) is 6.92 Å². The molecule has 2 N–H and O–H groups in total. The second kappa shape index (κ2) is 6.42. The fourth-order valence-electron chi connectivity index (χ4n) is 2.47. The highest BCUT2D eigenvalue weighted by atomic mass is 79.9. The molecule has 0 aliphatic heterocycles. The van der Waals surface area contributed by atoms with Crippen molar-refractivity contribution in [1.29, 1.82) is 0 Å². The van der Waals surface area contributed by atoms with Gasteiger partial charge in [-0.2, -0.15) is 0 Å². The number of esters is 1. The van der Waals surface area contributed by atoms with Crippen molar-refractivity contribution in [3.63, 3.8) is 0 Å². The highest BCUT2D eigenvalue weighted by molar-refractivity contribution is 9.10. The minimum atomic E-state index is -0.456. The largest absolute Gasteiger partial charge is 0.460 e. The predicted molar refractivity (Wildman–Crippen MR) is 92.7 cm³/mol. The van der Waals surface area contributed by atoms with Gasteiger partial charge in [-0.15, -0.1) is 0 Å². The van der Waals surface area contributed by atoms with Crippen LogP contribution in [0.1, 0.15) is 45.3 Å². The molecule has 1 heterocycles. The van der Waals surface area contributed by atoms with E-state index >= 15 is 0 Å². The van der Waals surface area contributed by atoms with Gasteiger partial charge in [0.25, 0.3) is 0 Å². The van der Waals surface area contributed by atoms with E-state index in [9.17, 15) is 4.79 Å². The van der Waals surface area contributed by atoms with E-state index in [1.807, 2.05) is 37.6 Å². The number of ether oxygens (including phenoxy) is 1. The van der Waals surface area contributed by atoms with Gasteiger partial charge >= 0.3 is 5.97 Å². The number of fused-ring (bicyclic) bond motifs is 1. The van der Waals surface area contributed by atoms with Gasteiger partial charge in [0.15, 0.2) is 0 Å². The molecule has 1 aromatic heterocycles. The number of rotatable bonds is 4. The lowest BCUT2D eigenvalue weighted by Crippen LogP contribution is -2.25. The van der Waals surface area contributed by atoms with Gasteiger partial charge in [0, 0.05) is 22.5 Å². The number of halogens is 1. The normalized spacial score (nSPS) is 13.4. The Labute approximate surface area is 139 Å². The predicted octanol–water partition coefficient (Wildman–Crippen LogP) is 4.29. The molecule has 2 rings (SSSR count). The summed E-state index contributed by atoms with van der Waals surface area (Å²) in [5.41, 5.74) is 8.05. The zero-order chi connectivity index (χ0) is 16.5. The van der Waals surface area contributed by atoms with E-state index in [0.717, 1.165) is 15.4 Å². The molecule has 1 atom stereocenters. The SMILES string of the molecule is Cc1cc(Br)c2c(ccn2C(N)CCC(=O)OC(C)(C)C)c1. The summed E-state index contributed by atoms with van der Waals surface area (Å²) in [6.07, 6.45) is 2.55. The van der Waals surface area contributed by atoms with Gasteiger partial charge in [0.2, 0.25) is 0 Å². The highest BCUT2D eigenvalue weighted by Crippen LogP contribution is 2.29. The van der Waals surface area contributed by atoms with Crippen molar-refractivity contribution in [1.82, 2.24) is 4.57 Å². The van der Waals surface area contributed by atoms with Crippen molar-refractivity contribution >= 4 is 32.8 Å². The molecule has 0 spiro atoms. The van der Waals surface area contributed by atoms with E-state index < -0.39 is 5.60 Å². The Hall–Kier alpha value is -1.33. The van der Waals surface area contributed by atoms with Crippen LogP contribution in [0.3, 0.4) is 0 Å². The zero-order valence-electron chi connectivity index (χ0n) is 13.5. The number of hydrogen-bond acceptors (Lipinski definition) is 3. The van der Waals surface area contributed by atoms with Crippen LogP contribution in [-0.4, -0.2) is 16.1 Å². The van der Waals surface area contributed by atoms with Gasteiger partial charge < -0.3 is 15.0 Å². The molecule has 2 aromatic rings. The fourth-order valence-corrected chi connectivity index (χ4v) is 3.26. The summed E-state index contributed by atoms with van der Waals surface area (Å²) in [5.74, 6) is -0.214. The van der Waals surface area contributed by atoms with Crippen molar-refractivity contribution in [2.75, 3.05) is 0 Å². The van der Waals surface area contributed by atoms with E-state index in [0.29, 0.717) is 12.8 Å². The van der Waals surface area contributed by atoms with Crippen molar-refractivity contribution in [3.05, 3.63) is 34.4 Å². The summed E-state index contributed by atoms with van der Waals surface area (Å²) in [6, 6.07) is 6.23. The Kier molecular flexibility index (Phi) is 4.97. The number of hydrogen-bond donors (Lipinski definition) is 1. The molecule has 0 saturated heterocycles. The lowest BCUT2D eigenvalue weighted by Gasteiger charge is -2.21. The smallest absolute Gasteiger partial charge is 0.306 e. The maximum absolute atomic E-state index is 11.8. The minimum Gasteiger partial charge on any atom is -0.460 e. The van der Waals surface area contributed by atoms with E-state index in [4.69, 9.17) is 10.5 Å². The van der Waals surface area contributed by atoms with E-state index in [1.165, 1.54) is 5.56 Å². The lowest BCUT2D eigenvalue weighted by atomic mass is 10.1. The van der Waals surface area contributed by atoms with Crippen LogP contribution in [0.5, 0.6) is 0 Å². The second-order valence-electron chi connectivity index (χ2n) is 6.60. The van der Waals surface area contributed by atoms with Gasteiger partial charge in [-0.1, -0.05) is 0 Å². The number of nitrogens with zero attached hydrogens (tertiary/aromatic N) is 1. The summed E-state index contributed by atoms with van der Waals surface area (Å²) in [6.45, 7) is 7.65. The van der Waals surface area contributed by atoms with Crippen molar-refractivity contribution in [2.24, 2.45) is 5.73 Å². The summed E-state index contributed by atoms with van der Waals surface area (Å²) in [5, 5.41) is 1.14. The van der Waals surface area contributed by atoms with Gasteiger partial charge in [-0.05, 0) is 73.8 Å². The van der Waals surface area contributed by atoms with Gasteiger partial charge in [-0.3, -0.25) is 4.79 Å². The Morgan fingerprint density at radius 1 is 1.41 bits per heavy atom. The Morgan fingerprint density at radius 2 is 2.09 bits per heavy atom. The molecule has 4 nitrogen and oxygen atoms in total. The lowest BCUT2D eigenvalue weighted by molar-refractivity contribution is -0.155. The van der Waals surface area contributed by atoms with E-state index in [1.54, 1.807) is 0 Å². The van der Waals surface area contributed by atoms with Crippen LogP contribution >= 0.6 is 15.9 Å². The van der Waals surface area contributed by atoms with E-state index in [2.05, 4.69) is 35.0 Å². The minimum absolute atomic E-state index is 0.214. The van der Waals surface area contributed by atoms with Crippen LogP contribution < -0.4 is 5.73 Å². The molecule has 5 heteroatoms. The average molecular weight is 367 g/mol. The molecular weight excluding hydrogens is 344 g/mol. The van der Waals surface area contributed by atoms with Crippen LogP contribution in [0.4, 0.5) is 0 Å². The first-order valence-corrected chi connectivity index (χ1v) is 8.21. The van der Waals surface area contributed by atoms with Gasteiger partial charge in [0.1, 0.15) is 5.60 Å². The van der Waals surface area contributed by atoms with Crippen LogP contribution in [0.15, 0.2) is 28.9 Å². The molecule has 1 unspecified atom stereocenters. The number of carbonyl (C=O) groups is 1. The quantitative estimate of drug-likeness (QED) is 0.820. The number of nitrogens with two attached hydrogens (primary N) is 1. The van der Waals surface area contributed by atoms with Crippen LogP contribution in [-0.2, 0) is 9.53 Å². The van der Waals surface area contributed by atoms with Gasteiger partial charge in [0.05, 0.1) is 11.7 Å². The number of aromatic nitrogens is 1. The molecule has 0 fully saturated rings. The van der Waals surface area contributed by atoms with Crippen LogP contribution in [0.25, 0.3) is 10.9 Å². The summed E-state index contributed by atoms with van der Waals surface area (Å²) < 4.78 is 8.34. The van der Waals surface area contributed by atoms with Crippen molar-refractivity contribution in [2.45, 2.75) is 52.3 Å². The molecule has 120 valence electrons. The molecule has 0 aliphatic rings. The molecule has 0 saturated carbocycles. The fraction of sp³-hybridized carbons (Fsp3) is 0.471.